The molecule has 0 aromatic heterocycles. The van der Waals surface area contributed by atoms with Gasteiger partial charge in [-0.15, -0.1) is 0 Å². The number of hydrogen-bond acceptors (Lipinski definition) is 3. The first-order valence-electron chi connectivity index (χ1n) is 6.55. The van der Waals surface area contributed by atoms with Crippen LogP contribution in [0.1, 0.15) is 32.1 Å². The van der Waals surface area contributed by atoms with Crippen molar-refractivity contribution in [1.82, 2.24) is 10.2 Å². The van der Waals surface area contributed by atoms with Crippen molar-refractivity contribution in [3.63, 3.8) is 0 Å². The van der Waals surface area contributed by atoms with E-state index in [0.717, 1.165) is 12.8 Å². The van der Waals surface area contributed by atoms with Crippen LogP contribution in [0.25, 0.3) is 0 Å². The van der Waals surface area contributed by atoms with Crippen LogP contribution in [0.15, 0.2) is 0 Å². The lowest BCUT2D eigenvalue weighted by molar-refractivity contribution is -0.137. The van der Waals surface area contributed by atoms with Gasteiger partial charge in [-0.1, -0.05) is 0 Å². The minimum absolute atomic E-state index is 0.0504. The van der Waals surface area contributed by atoms with Crippen molar-refractivity contribution in [3.05, 3.63) is 0 Å². The number of ether oxygens (including phenoxy) is 1. The highest BCUT2D eigenvalue weighted by atomic mass is 16.5. The molecule has 2 amide bonds. The fourth-order valence-electron chi connectivity index (χ4n) is 2.49. The molecule has 2 rings (SSSR count). The summed E-state index contributed by atoms with van der Waals surface area (Å²) in [7, 11) is 0. The summed E-state index contributed by atoms with van der Waals surface area (Å²) in [5.41, 5.74) is 0. The van der Waals surface area contributed by atoms with Gasteiger partial charge in [0.15, 0.2) is 0 Å². The molecule has 0 aromatic rings. The second-order valence-corrected chi connectivity index (χ2v) is 4.95. The lowest BCUT2D eigenvalue weighted by Gasteiger charge is -2.32. The van der Waals surface area contributed by atoms with E-state index in [4.69, 9.17) is 9.84 Å². The van der Waals surface area contributed by atoms with Gasteiger partial charge in [0.1, 0.15) is 0 Å². The maximum atomic E-state index is 11.9. The van der Waals surface area contributed by atoms with Gasteiger partial charge in [0, 0.05) is 26.1 Å². The molecule has 2 heterocycles. The second kappa shape index (κ2) is 6.04. The molecular weight excluding hydrogens is 236 g/mol. The number of aliphatic carboxylic acids is 1. The number of morpholine rings is 1. The van der Waals surface area contributed by atoms with Crippen LogP contribution >= 0.6 is 0 Å². The zero-order valence-corrected chi connectivity index (χ0v) is 10.4. The topological polar surface area (TPSA) is 78.9 Å². The number of carboxylic acid groups (broad SMARTS) is 1. The quantitative estimate of drug-likeness (QED) is 0.714. The molecule has 6 nitrogen and oxygen atoms in total. The number of likely N-dealkylation sites (tertiary alicyclic amines) is 1. The van der Waals surface area contributed by atoms with Gasteiger partial charge in [-0.05, 0) is 25.7 Å². The van der Waals surface area contributed by atoms with Crippen molar-refractivity contribution in [3.8, 4) is 0 Å². The maximum Gasteiger partial charge on any atom is 0.317 e. The van der Waals surface area contributed by atoms with Gasteiger partial charge in [0.2, 0.25) is 0 Å². The maximum absolute atomic E-state index is 11.9. The van der Waals surface area contributed by atoms with Gasteiger partial charge >= 0.3 is 12.0 Å². The van der Waals surface area contributed by atoms with E-state index in [2.05, 4.69) is 5.32 Å². The van der Waals surface area contributed by atoms with E-state index in [0.29, 0.717) is 32.5 Å². The van der Waals surface area contributed by atoms with Crippen LogP contribution in [0.3, 0.4) is 0 Å². The Kier molecular flexibility index (Phi) is 4.41. The van der Waals surface area contributed by atoms with Crippen LogP contribution in [0.5, 0.6) is 0 Å². The molecule has 0 aromatic carbocycles. The molecule has 0 aliphatic carbocycles. The molecule has 0 spiro atoms. The molecule has 2 aliphatic rings. The summed E-state index contributed by atoms with van der Waals surface area (Å²) in [6, 6.07) is -0.0504. The highest BCUT2D eigenvalue weighted by Gasteiger charge is 2.35. The summed E-state index contributed by atoms with van der Waals surface area (Å²) in [6.45, 7) is 1.90. The molecule has 2 bridgehead atoms. The molecular formula is C12H20N2O4. The predicted molar refractivity (Wildman–Crippen MR) is 64.4 cm³/mol. The summed E-state index contributed by atoms with van der Waals surface area (Å²) in [5.74, 6) is -0.786. The number of nitrogens with zero attached hydrogens (tertiary/aromatic N) is 1. The van der Waals surface area contributed by atoms with E-state index >= 15 is 0 Å². The van der Waals surface area contributed by atoms with Gasteiger partial charge < -0.3 is 20.1 Å². The Hall–Kier alpha value is -1.30. The number of carbonyl (C=O) groups is 2. The summed E-state index contributed by atoms with van der Waals surface area (Å²) >= 11 is 0. The van der Waals surface area contributed by atoms with E-state index in [-0.39, 0.29) is 24.7 Å². The normalized spacial score (nSPS) is 26.1. The largest absolute Gasteiger partial charge is 0.481 e. The lowest BCUT2D eigenvalue weighted by Crippen LogP contribution is -2.50. The Balaban J connectivity index is 1.61. The Labute approximate surface area is 106 Å². The zero-order chi connectivity index (χ0) is 13.0. The zero-order valence-electron chi connectivity index (χ0n) is 10.4. The smallest absolute Gasteiger partial charge is 0.317 e. The molecule has 102 valence electrons. The van der Waals surface area contributed by atoms with Crippen LogP contribution in [-0.4, -0.2) is 53.8 Å². The van der Waals surface area contributed by atoms with Gasteiger partial charge in [-0.3, -0.25) is 4.79 Å². The van der Waals surface area contributed by atoms with Crippen molar-refractivity contribution < 1.29 is 19.4 Å². The molecule has 2 aliphatic heterocycles. The number of fused-ring (bicyclic) bond motifs is 2. The molecule has 2 saturated heterocycles. The fourth-order valence-corrected chi connectivity index (χ4v) is 2.49. The molecule has 0 radical (unpaired) electrons. The van der Waals surface area contributed by atoms with Gasteiger partial charge in [-0.2, -0.15) is 0 Å². The third kappa shape index (κ3) is 3.60. The minimum atomic E-state index is -0.786. The number of amides is 2. The third-order valence-electron chi connectivity index (χ3n) is 3.42. The molecule has 2 fully saturated rings. The van der Waals surface area contributed by atoms with Crippen LogP contribution < -0.4 is 5.32 Å². The van der Waals surface area contributed by atoms with Crippen molar-refractivity contribution in [2.24, 2.45) is 0 Å². The number of nitrogens with one attached hydrogen (secondary N) is 1. The Morgan fingerprint density at radius 2 is 1.89 bits per heavy atom. The Morgan fingerprint density at radius 3 is 2.50 bits per heavy atom. The van der Waals surface area contributed by atoms with Crippen LogP contribution in [0.4, 0.5) is 4.79 Å². The minimum Gasteiger partial charge on any atom is -0.481 e. The Bertz CT molecular complexity index is 309. The average Bonchev–Trinajstić information content (AvgIpc) is 2.67. The first-order valence-corrected chi connectivity index (χ1v) is 6.55. The van der Waals surface area contributed by atoms with Gasteiger partial charge in [0.05, 0.1) is 12.2 Å². The number of unbranched alkanes of at least 4 members (excludes halogenated alkanes) is 1. The molecule has 6 heteroatoms. The second-order valence-electron chi connectivity index (χ2n) is 4.95. The summed E-state index contributed by atoms with van der Waals surface area (Å²) < 4.78 is 5.66. The first-order chi connectivity index (χ1) is 8.65. The highest BCUT2D eigenvalue weighted by molar-refractivity contribution is 5.74. The monoisotopic (exact) mass is 256 g/mol. The van der Waals surface area contributed by atoms with Gasteiger partial charge in [0.25, 0.3) is 0 Å². The first kappa shape index (κ1) is 13.1. The number of carboxylic acids is 1. The number of rotatable bonds is 5. The Morgan fingerprint density at radius 1 is 1.22 bits per heavy atom. The molecule has 2 unspecified atom stereocenters. The summed E-state index contributed by atoms with van der Waals surface area (Å²) in [4.78, 5) is 24.0. The van der Waals surface area contributed by atoms with E-state index in [1.54, 1.807) is 0 Å². The number of urea groups is 1. The molecule has 18 heavy (non-hydrogen) atoms. The van der Waals surface area contributed by atoms with E-state index in [9.17, 15) is 9.59 Å². The third-order valence-corrected chi connectivity index (χ3v) is 3.42. The molecule has 0 saturated carbocycles. The highest BCUT2D eigenvalue weighted by Crippen LogP contribution is 2.25. The van der Waals surface area contributed by atoms with Crippen molar-refractivity contribution in [2.75, 3.05) is 19.6 Å². The van der Waals surface area contributed by atoms with Crippen LogP contribution in [-0.2, 0) is 9.53 Å². The van der Waals surface area contributed by atoms with Crippen LogP contribution in [0.2, 0.25) is 0 Å². The van der Waals surface area contributed by atoms with Crippen molar-refractivity contribution >= 4 is 12.0 Å². The summed E-state index contributed by atoms with van der Waals surface area (Å²) in [6.07, 6.45) is 3.99. The fraction of sp³-hybridized carbons (Fsp3) is 0.833. The van der Waals surface area contributed by atoms with Crippen LogP contribution in [0, 0.1) is 0 Å². The molecule has 2 atom stereocenters. The van der Waals surface area contributed by atoms with Crippen molar-refractivity contribution in [2.45, 2.75) is 44.3 Å². The van der Waals surface area contributed by atoms with Gasteiger partial charge in [-0.25, -0.2) is 4.79 Å². The van der Waals surface area contributed by atoms with E-state index in [1.807, 2.05) is 4.90 Å². The predicted octanol–water partition coefficient (Wildman–Crippen LogP) is 0.814. The van der Waals surface area contributed by atoms with E-state index < -0.39 is 5.97 Å². The average molecular weight is 256 g/mol. The lowest BCUT2D eigenvalue weighted by atomic mass is 10.2. The van der Waals surface area contributed by atoms with E-state index in [1.165, 1.54) is 0 Å². The summed E-state index contributed by atoms with van der Waals surface area (Å²) in [5, 5.41) is 11.3. The standard InChI is InChI=1S/C12H20N2O4/c15-11(16)3-1-2-6-13-12(17)14-7-9-4-5-10(8-14)18-9/h9-10H,1-8H2,(H,13,17)(H,15,16). The van der Waals surface area contributed by atoms with Crippen molar-refractivity contribution in [1.29, 1.82) is 0 Å². The number of carbonyl (C=O) groups excluding carboxylic acids is 1. The number of hydrogen-bond donors (Lipinski definition) is 2. The molecule has 2 N–H and O–H groups in total. The SMILES string of the molecule is O=C(O)CCCCNC(=O)N1CC2CCC(C1)O2.